The maximum absolute atomic E-state index is 12.3. The fourth-order valence-electron chi connectivity index (χ4n) is 2.60. The van der Waals surface area contributed by atoms with Crippen LogP contribution in [0.5, 0.6) is 0 Å². The number of carbonyl (C=O) groups is 2. The molecule has 1 heterocycles. The first kappa shape index (κ1) is 18.1. The molecule has 0 saturated carbocycles. The second-order valence-corrected chi connectivity index (χ2v) is 6.09. The molecule has 0 spiro atoms. The van der Waals surface area contributed by atoms with Crippen LogP contribution in [0.2, 0.25) is 0 Å². The van der Waals surface area contributed by atoms with Crippen molar-refractivity contribution in [1.82, 2.24) is 10.3 Å². The molecule has 2 aromatic carbocycles. The Morgan fingerprint density at radius 1 is 0.963 bits per heavy atom. The monoisotopic (exact) mass is 361 g/mol. The standard InChI is InChI=1S/C21H19N3O3/c1-14-11-19(25)22-13-18(14)21(27)24-17-9-7-16(8-10-17)20(26)23-12-15-5-3-2-4-6-15/h2-11,13H,12H2,1H3,(H,22,25)(H,23,26)(H,24,27). The number of benzene rings is 2. The Balaban J connectivity index is 1.62. The highest BCUT2D eigenvalue weighted by molar-refractivity contribution is 6.05. The number of carbonyl (C=O) groups excluding carboxylic acids is 2. The van der Waals surface area contributed by atoms with Crippen LogP contribution in [-0.2, 0) is 6.54 Å². The molecule has 0 bridgehead atoms. The van der Waals surface area contributed by atoms with Crippen LogP contribution in [0, 0.1) is 6.92 Å². The Labute approximate surface area is 156 Å². The van der Waals surface area contributed by atoms with Crippen molar-refractivity contribution in [1.29, 1.82) is 0 Å². The summed E-state index contributed by atoms with van der Waals surface area (Å²) in [4.78, 5) is 38.3. The van der Waals surface area contributed by atoms with Crippen molar-refractivity contribution >= 4 is 17.5 Å². The Morgan fingerprint density at radius 2 is 1.67 bits per heavy atom. The highest BCUT2D eigenvalue weighted by Gasteiger charge is 2.11. The van der Waals surface area contributed by atoms with Gasteiger partial charge in [-0.05, 0) is 42.3 Å². The largest absolute Gasteiger partial charge is 0.348 e. The number of aromatic amines is 1. The number of anilines is 1. The van der Waals surface area contributed by atoms with Crippen LogP contribution in [0.4, 0.5) is 5.69 Å². The van der Waals surface area contributed by atoms with Gasteiger partial charge in [0, 0.05) is 30.1 Å². The maximum atomic E-state index is 12.3. The van der Waals surface area contributed by atoms with E-state index in [9.17, 15) is 14.4 Å². The Morgan fingerprint density at radius 3 is 2.33 bits per heavy atom. The lowest BCUT2D eigenvalue weighted by molar-refractivity contribution is 0.0950. The molecule has 0 aliphatic carbocycles. The smallest absolute Gasteiger partial charge is 0.257 e. The zero-order valence-electron chi connectivity index (χ0n) is 14.8. The molecule has 0 saturated heterocycles. The van der Waals surface area contributed by atoms with Crippen molar-refractivity contribution in [2.24, 2.45) is 0 Å². The summed E-state index contributed by atoms with van der Waals surface area (Å²) in [6.45, 7) is 2.15. The van der Waals surface area contributed by atoms with Gasteiger partial charge in [0.15, 0.2) is 0 Å². The molecule has 3 rings (SSSR count). The van der Waals surface area contributed by atoms with E-state index in [4.69, 9.17) is 0 Å². The van der Waals surface area contributed by atoms with Crippen molar-refractivity contribution in [3.05, 3.63) is 99.5 Å². The zero-order chi connectivity index (χ0) is 19.2. The van der Waals surface area contributed by atoms with Gasteiger partial charge < -0.3 is 15.6 Å². The summed E-state index contributed by atoms with van der Waals surface area (Å²) < 4.78 is 0. The SMILES string of the molecule is Cc1cc(=O)[nH]cc1C(=O)Nc1ccc(C(=O)NCc2ccccc2)cc1. The van der Waals surface area contributed by atoms with Gasteiger partial charge in [-0.3, -0.25) is 14.4 Å². The summed E-state index contributed by atoms with van der Waals surface area (Å²) in [7, 11) is 0. The molecule has 0 aliphatic heterocycles. The van der Waals surface area contributed by atoms with Gasteiger partial charge in [-0.25, -0.2) is 0 Å². The molecule has 0 atom stereocenters. The molecule has 3 N–H and O–H groups in total. The second-order valence-electron chi connectivity index (χ2n) is 6.09. The van der Waals surface area contributed by atoms with Gasteiger partial charge in [-0.1, -0.05) is 30.3 Å². The van der Waals surface area contributed by atoms with Crippen LogP contribution in [0.3, 0.4) is 0 Å². The lowest BCUT2D eigenvalue weighted by atomic mass is 10.1. The lowest BCUT2D eigenvalue weighted by Gasteiger charge is -2.09. The predicted molar refractivity (Wildman–Crippen MR) is 104 cm³/mol. The van der Waals surface area contributed by atoms with Crippen molar-refractivity contribution in [2.75, 3.05) is 5.32 Å². The Hall–Kier alpha value is -3.67. The van der Waals surface area contributed by atoms with E-state index < -0.39 is 0 Å². The van der Waals surface area contributed by atoms with Crippen LogP contribution >= 0.6 is 0 Å². The minimum absolute atomic E-state index is 0.187. The number of rotatable bonds is 5. The first-order valence-corrected chi connectivity index (χ1v) is 8.46. The van der Waals surface area contributed by atoms with Gasteiger partial charge in [-0.15, -0.1) is 0 Å². The fourth-order valence-corrected chi connectivity index (χ4v) is 2.60. The number of aromatic nitrogens is 1. The van der Waals surface area contributed by atoms with E-state index in [-0.39, 0.29) is 17.4 Å². The van der Waals surface area contributed by atoms with E-state index >= 15 is 0 Å². The highest BCUT2D eigenvalue weighted by Crippen LogP contribution is 2.12. The third-order valence-corrected chi connectivity index (χ3v) is 4.08. The van der Waals surface area contributed by atoms with E-state index in [1.807, 2.05) is 30.3 Å². The molecule has 27 heavy (non-hydrogen) atoms. The molecular weight excluding hydrogens is 342 g/mol. The molecule has 0 fully saturated rings. The minimum Gasteiger partial charge on any atom is -0.348 e. The van der Waals surface area contributed by atoms with Crippen LogP contribution in [0.15, 0.2) is 71.7 Å². The number of amides is 2. The van der Waals surface area contributed by atoms with E-state index in [2.05, 4.69) is 15.6 Å². The topological polar surface area (TPSA) is 91.1 Å². The van der Waals surface area contributed by atoms with Gasteiger partial charge in [0.2, 0.25) is 5.56 Å². The molecule has 6 heteroatoms. The van der Waals surface area contributed by atoms with Gasteiger partial charge in [0.05, 0.1) is 5.56 Å². The molecule has 3 aromatic rings. The van der Waals surface area contributed by atoms with E-state index in [1.54, 1.807) is 31.2 Å². The highest BCUT2D eigenvalue weighted by atomic mass is 16.2. The van der Waals surface area contributed by atoms with Crippen molar-refractivity contribution in [2.45, 2.75) is 13.5 Å². The molecule has 1 aromatic heterocycles. The lowest BCUT2D eigenvalue weighted by Crippen LogP contribution is -2.22. The maximum Gasteiger partial charge on any atom is 0.257 e. The summed E-state index contributed by atoms with van der Waals surface area (Å²) in [6.07, 6.45) is 1.39. The van der Waals surface area contributed by atoms with Gasteiger partial charge in [0.1, 0.15) is 0 Å². The first-order chi connectivity index (χ1) is 13.0. The Bertz CT molecular complexity index is 1010. The number of hydrogen-bond donors (Lipinski definition) is 3. The quantitative estimate of drug-likeness (QED) is 0.653. The summed E-state index contributed by atoms with van der Waals surface area (Å²) in [5.74, 6) is -0.516. The predicted octanol–water partition coefficient (Wildman–Crippen LogP) is 2.87. The summed E-state index contributed by atoms with van der Waals surface area (Å²) in [5.41, 5.74) is 2.81. The molecule has 2 amide bonds. The number of nitrogens with one attached hydrogen (secondary N) is 3. The summed E-state index contributed by atoms with van der Waals surface area (Å²) >= 11 is 0. The van der Waals surface area contributed by atoms with Crippen molar-refractivity contribution < 1.29 is 9.59 Å². The molecule has 0 radical (unpaired) electrons. The van der Waals surface area contributed by atoms with E-state index in [1.165, 1.54) is 12.3 Å². The molecule has 6 nitrogen and oxygen atoms in total. The van der Waals surface area contributed by atoms with Gasteiger partial charge in [-0.2, -0.15) is 0 Å². The normalized spacial score (nSPS) is 10.3. The molecule has 136 valence electrons. The minimum atomic E-state index is -0.329. The first-order valence-electron chi connectivity index (χ1n) is 8.46. The average Bonchev–Trinajstić information content (AvgIpc) is 2.67. The zero-order valence-corrected chi connectivity index (χ0v) is 14.8. The van der Waals surface area contributed by atoms with Crippen LogP contribution in [0.1, 0.15) is 31.8 Å². The number of pyridine rings is 1. The van der Waals surface area contributed by atoms with Crippen LogP contribution in [-0.4, -0.2) is 16.8 Å². The van der Waals surface area contributed by atoms with Crippen LogP contribution < -0.4 is 16.2 Å². The molecule has 0 aliphatic rings. The Kier molecular flexibility index (Phi) is 5.47. The van der Waals surface area contributed by atoms with E-state index in [0.717, 1.165) is 5.56 Å². The third kappa shape index (κ3) is 4.70. The van der Waals surface area contributed by atoms with E-state index in [0.29, 0.717) is 28.9 Å². The third-order valence-electron chi connectivity index (χ3n) is 4.08. The van der Waals surface area contributed by atoms with Crippen molar-refractivity contribution in [3.63, 3.8) is 0 Å². The van der Waals surface area contributed by atoms with Crippen molar-refractivity contribution in [3.8, 4) is 0 Å². The molecular formula is C21H19N3O3. The average molecular weight is 361 g/mol. The summed E-state index contributed by atoms with van der Waals surface area (Å²) in [5, 5.41) is 5.60. The van der Waals surface area contributed by atoms with Gasteiger partial charge in [0.25, 0.3) is 11.8 Å². The van der Waals surface area contributed by atoms with Gasteiger partial charge >= 0.3 is 0 Å². The van der Waals surface area contributed by atoms with Crippen LogP contribution in [0.25, 0.3) is 0 Å². The second kappa shape index (κ2) is 8.14. The fraction of sp³-hybridized carbons (Fsp3) is 0.0952. The number of hydrogen-bond acceptors (Lipinski definition) is 3. The summed E-state index contributed by atoms with van der Waals surface area (Å²) in [6, 6.07) is 17.6. The number of H-pyrrole nitrogens is 1. The molecule has 0 unspecified atom stereocenters. The number of aryl methyl sites for hydroxylation is 1.